The van der Waals surface area contributed by atoms with E-state index in [9.17, 15) is 4.79 Å². The van der Waals surface area contributed by atoms with E-state index in [-0.39, 0.29) is 18.3 Å². The first-order valence-electron chi connectivity index (χ1n) is 7.70. The molecular weight excluding hydrogens is 296 g/mol. The van der Waals surface area contributed by atoms with Gasteiger partial charge in [-0.2, -0.15) is 0 Å². The summed E-state index contributed by atoms with van der Waals surface area (Å²) in [5, 5.41) is 8.95. The molecule has 0 aromatic heterocycles. The van der Waals surface area contributed by atoms with E-state index in [1.807, 2.05) is 18.2 Å². The molecule has 3 rings (SSSR count). The number of carbonyl (C=O) groups is 1. The Morgan fingerprint density at radius 2 is 2.00 bits per heavy atom. The first-order valence-corrected chi connectivity index (χ1v) is 7.70. The molecule has 118 valence electrons. The van der Waals surface area contributed by atoms with Gasteiger partial charge in [-0.25, -0.2) is 0 Å². The largest absolute Gasteiger partial charge is 0.353 e. The van der Waals surface area contributed by atoms with E-state index in [0.717, 1.165) is 25.1 Å². The molecule has 0 radical (unpaired) electrons. The number of halogens is 1. The monoisotopic (exact) mass is 318 g/mol. The van der Waals surface area contributed by atoms with Gasteiger partial charge < -0.3 is 10.6 Å². The SMILES string of the molecule is CC1CNCCC1NC(=O)Cc1ccc2ccccc2c1.Cl. The molecule has 0 aliphatic carbocycles. The summed E-state index contributed by atoms with van der Waals surface area (Å²) in [6.45, 7) is 4.17. The maximum atomic E-state index is 12.2. The van der Waals surface area contributed by atoms with Crippen molar-refractivity contribution in [2.45, 2.75) is 25.8 Å². The van der Waals surface area contributed by atoms with Gasteiger partial charge in [0.25, 0.3) is 0 Å². The molecule has 22 heavy (non-hydrogen) atoms. The van der Waals surface area contributed by atoms with Crippen LogP contribution in [0.3, 0.4) is 0 Å². The molecule has 1 heterocycles. The van der Waals surface area contributed by atoms with Gasteiger partial charge in [0, 0.05) is 6.04 Å². The molecule has 2 N–H and O–H groups in total. The van der Waals surface area contributed by atoms with Crippen molar-refractivity contribution in [3.8, 4) is 0 Å². The predicted octanol–water partition coefficient (Wildman–Crippen LogP) is 2.92. The third-order valence-corrected chi connectivity index (χ3v) is 4.31. The van der Waals surface area contributed by atoms with Crippen molar-refractivity contribution in [1.82, 2.24) is 10.6 Å². The minimum Gasteiger partial charge on any atom is -0.353 e. The van der Waals surface area contributed by atoms with Gasteiger partial charge in [-0.15, -0.1) is 12.4 Å². The van der Waals surface area contributed by atoms with Gasteiger partial charge in [0.05, 0.1) is 6.42 Å². The summed E-state index contributed by atoms with van der Waals surface area (Å²) in [5.41, 5.74) is 1.08. The van der Waals surface area contributed by atoms with E-state index < -0.39 is 0 Å². The number of carbonyl (C=O) groups excluding carboxylic acids is 1. The minimum atomic E-state index is 0. The lowest BCUT2D eigenvalue weighted by Crippen LogP contribution is -2.48. The number of nitrogens with one attached hydrogen (secondary N) is 2. The zero-order valence-corrected chi connectivity index (χ0v) is 13.7. The fourth-order valence-electron chi connectivity index (χ4n) is 3.02. The molecule has 1 aliphatic heterocycles. The van der Waals surface area contributed by atoms with Crippen LogP contribution in [0.25, 0.3) is 10.8 Å². The van der Waals surface area contributed by atoms with Crippen molar-refractivity contribution in [3.63, 3.8) is 0 Å². The molecule has 2 aromatic rings. The van der Waals surface area contributed by atoms with Crippen LogP contribution in [-0.4, -0.2) is 25.0 Å². The summed E-state index contributed by atoms with van der Waals surface area (Å²) in [6.07, 6.45) is 1.48. The van der Waals surface area contributed by atoms with Gasteiger partial charge >= 0.3 is 0 Å². The lowest BCUT2D eigenvalue weighted by Gasteiger charge is -2.30. The molecule has 2 aromatic carbocycles. The Morgan fingerprint density at radius 1 is 1.23 bits per heavy atom. The Bertz CT molecular complexity index is 644. The number of hydrogen-bond acceptors (Lipinski definition) is 2. The van der Waals surface area contributed by atoms with Crippen molar-refractivity contribution in [1.29, 1.82) is 0 Å². The Morgan fingerprint density at radius 3 is 2.77 bits per heavy atom. The lowest BCUT2D eigenvalue weighted by atomic mass is 9.95. The van der Waals surface area contributed by atoms with Crippen molar-refractivity contribution in [2.24, 2.45) is 5.92 Å². The summed E-state index contributed by atoms with van der Waals surface area (Å²) in [4.78, 5) is 12.2. The fraction of sp³-hybridized carbons (Fsp3) is 0.389. The molecule has 0 saturated carbocycles. The first-order chi connectivity index (χ1) is 10.2. The average molecular weight is 319 g/mol. The van der Waals surface area contributed by atoms with E-state index in [2.05, 4.69) is 41.8 Å². The molecule has 0 spiro atoms. The van der Waals surface area contributed by atoms with Gasteiger partial charge in [0.1, 0.15) is 0 Å². The Hall–Kier alpha value is -1.58. The van der Waals surface area contributed by atoms with Gasteiger partial charge in [0.2, 0.25) is 5.91 Å². The van der Waals surface area contributed by atoms with Crippen LogP contribution < -0.4 is 10.6 Å². The average Bonchev–Trinajstić information content (AvgIpc) is 2.49. The number of rotatable bonds is 3. The summed E-state index contributed by atoms with van der Waals surface area (Å²) in [6, 6.07) is 14.8. The third kappa shape index (κ3) is 3.99. The highest BCUT2D eigenvalue weighted by Gasteiger charge is 2.22. The third-order valence-electron chi connectivity index (χ3n) is 4.31. The van der Waals surface area contributed by atoms with Gasteiger partial charge in [-0.1, -0.05) is 49.4 Å². The van der Waals surface area contributed by atoms with Gasteiger partial charge in [-0.05, 0) is 41.8 Å². The van der Waals surface area contributed by atoms with Crippen LogP contribution in [0.1, 0.15) is 18.9 Å². The van der Waals surface area contributed by atoms with Crippen LogP contribution in [0.2, 0.25) is 0 Å². The fourth-order valence-corrected chi connectivity index (χ4v) is 3.02. The number of benzene rings is 2. The smallest absolute Gasteiger partial charge is 0.224 e. The highest BCUT2D eigenvalue weighted by Crippen LogP contribution is 2.16. The molecule has 2 unspecified atom stereocenters. The Labute approximate surface area is 137 Å². The zero-order valence-electron chi connectivity index (χ0n) is 12.8. The normalized spacial score (nSPS) is 21.1. The standard InChI is InChI=1S/C18H22N2O.ClH/c1-13-12-19-9-8-17(13)20-18(21)11-14-6-7-15-4-2-3-5-16(15)10-14;/h2-7,10,13,17,19H,8-9,11-12H2,1H3,(H,20,21);1H. The van der Waals surface area contributed by atoms with Crippen molar-refractivity contribution >= 4 is 29.1 Å². The second-order valence-electron chi connectivity index (χ2n) is 6.00. The molecule has 1 aliphatic rings. The van der Waals surface area contributed by atoms with Crippen LogP contribution >= 0.6 is 12.4 Å². The minimum absolute atomic E-state index is 0. The van der Waals surface area contributed by atoms with Crippen molar-refractivity contribution < 1.29 is 4.79 Å². The molecular formula is C18H23ClN2O. The van der Waals surface area contributed by atoms with Gasteiger partial charge in [0.15, 0.2) is 0 Å². The second kappa shape index (κ2) is 7.61. The summed E-state index contributed by atoms with van der Waals surface area (Å²) in [5.74, 6) is 0.628. The molecule has 0 bridgehead atoms. The van der Waals surface area contributed by atoms with Crippen LogP contribution in [0.4, 0.5) is 0 Å². The number of fused-ring (bicyclic) bond motifs is 1. The molecule has 1 fully saturated rings. The Balaban J connectivity index is 0.00000176. The maximum absolute atomic E-state index is 12.2. The summed E-state index contributed by atoms with van der Waals surface area (Å²) in [7, 11) is 0. The van der Waals surface area contributed by atoms with E-state index >= 15 is 0 Å². The van der Waals surface area contributed by atoms with Crippen LogP contribution in [-0.2, 0) is 11.2 Å². The molecule has 2 atom stereocenters. The van der Waals surface area contributed by atoms with Crippen LogP contribution in [0.15, 0.2) is 42.5 Å². The van der Waals surface area contributed by atoms with E-state index in [0.29, 0.717) is 18.4 Å². The van der Waals surface area contributed by atoms with Crippen molar-refractivity contribution in [3.05, 3.63) is 48.0 Å². The molecule has 1 saturated heterocycles. The van der Waals surface area contributed by atoms with Crippen molar-refractivity contribution in [2.75, 3.05) is 13.1 Å². The molecule has 1 amide bonds. The number of hydrogen-bond donors (Lipinski definition) is 2. The van der Waals surface area contributed by atoms with Crippen LogP contribution in [0, 0.1) is 5.92 Å². The maximum Gasteiger partial charge on any atom is 0.224 e. The van der Waals surface area contributed by atoms with E-state index in [1.165, 1.54) is 10.8 Å². The quantitative estimate of drug-likeness (QED) is 0.913. The van der Waals surface area contributed by atoms with Gasteiger partial charge in [-0.3, -0.25) is 4.79 Å². The van der Waals surface area contributed by atoms with E-state index in [1.54, 1.807) is 0 Å². The lowest BCUT2D eigenvalue weighted by molar-refractivity contribution is -0.121. The highest BCUT2D eigenvalue weighted by atomic mass is 35.5. The number of amides is 1. The zero-order chi connectivity index (χ0) is 14.7. The first kappa shape index (κ1) is 16.8. The Kier molecular flexibility index (Phi) is 5.81. The second-order valence-corrected chi connectivity index (χ2v) is 6.00. The summed E-state index contributed by atoms with van der Waals surface area (Å²) >= 11 is 0. The summed E-state index contributed by atoms with van der Waals surface area (Å²) < 4.78 is 0. The highest BCUT2D eigenvalue weighted by molar-refractivity contribution is 5.86. The van der Waals surface area contributed by atoms with Crippen LogP contribution in [0.5, 0.6) is 0 Å². The molecule has 3 nitrogen and oxygen atoms in total. The van der Waals surface area contributed by atoms with E-state index in [4.69, 9.17) is 0 Å². The number of piperidine rings is 1. The predicted molar refractivity (Wildman–Crippen MR) is 93.5 cm³/mol. The topological polar surface area (TPSA) is 41.1 Å². The molecule has 4 heteroatoms.